The third kappa shape index (κ3) is 2.06. The van der Waals surface area contributed by atoms with Crippen molar-refractivity contribution in [3.63, 3.8) is 0 Å². The van der Waals surface area contributed by atoms with Crippen LogP contribution in [0.25, 0.3) is 0 Å². The Morgan fingerprint density at radius 3 is 1.69 bits per heavy atom. The summed E-state index contributed by atoms with van der Waals surface area (Å²) in [7, 11) is 0. The van der Waals surface area contributed by atoms with Crippen molar-refractivity contribution in [3.8, 4) is 0 Å². The molecule has 16 heavy (non-hydrogen) atoms. The summed E-state index contributed by atoms with van der Waals surface area (Å²) >= 11 is 0. The van der Waals surface area contributed by atoms with Gasteiger partial charge in [0.25, 0.3) is 0 Å². The molecule has 0 heterocycles. The first-order valence-electron chi connectivity index (χ1n) is 5.05. The predicted octanol–water partition coefficient (Wildman–Crippen LogP) is -2.71. The number of halogens is 1. The minimum atomic E-state index is -2.22. The zero-order valence-corrected chi connectivity index (χ0v) is 8.57. The van der Waals surface area contributed by atoms with E-state index >= 15 is 0 Å². The van der Waals surface area contributed by atoms with Crippen LogP contribution in [0.1, 0.15) is 12.8 Å². The van der Waals surface area contributed by atoms with Crippen LogP contribution in [0, 0.1) is 0 Å². The third-order valence-electron chi connectivity index (χ3n) is 3.08. The summed E-state index contributed by atoms with van der Waals surface area (Å²) in [5, 5.41) is 56.9. The summed E-state index contributed by atoms with van der Waals surface area (Å²) in [4.78, 5) is 0. The summed E-state index contributed by atoms with van der Waals surface area (Å²) in [6.07, 6.45) is -9.48. The fourth-order valence-corrected chi connectivity index (χ4v) is 1.99. The van der Waals surface area contributed by atoms with Gasteiger partial charge >= 0.3 is 0 Å². The van der Waals surface area contributed by atoms with Gasteiger partial charge in [0.1, 0.15) is 36.1 Å². The molecule has 6 atom stereocenters. The molecule has 0 saturated heterocycles. The van der Waals surface area contributed by atoms with E-state index < -0.39 is 42.8 Å². The second-order valence-corrected chi connectivity index (χ2v) is 4.15. The number of aliphatic hydroxyl groups excluding tert-OH is 5. The molecule has 0 aromatic rings. The number of hydrogen-bond acceptors (Lipinski definition) is 6. The van der Waals surface area contributed by atoms with E-state index in [1.807, 2.05) is 0 Å². The summed E-state index contributed by atoms with van der Waals surface area (Å²) in [6, 6.07) is 0. The topological polar surface area (TPSA) is 121 Å². The van der Waals surface area contributed by atoms with Crippen LogP contribution in [0.15, 0.2) is 0 Å². The highest BCUT2D eigenvalue weighted by molar-refractivity contribution is 5.08. The van der Waals surface area contributed by atoms with Gasteiger partial charge in [-0.3, -0.25) is 4.39 Å². The third-order valence-corrected chi connectivity index (χ3v) is 3.08. The van der Waals surface area contributed by atoms with Crippen LogP contribution in [0.5, 0.6) is 0 Å². The van der Waals surface area contributed by atoms with Crippen LogP contribution in [-0.2, 0) is 0 Å². The molecule has 0 amide bonds. The highest BCUT2D eigenvalue weighted by atomic mass is 19.1. The molecule has 6 nitrogen and oxygen atoms in total. The molecule has 1 aliphatic rings. The molecule has 1 saturated carbocycles. The maximum Gasteiger partial charge on any atom is 0.122 e. The molecule has 6 N–H and O–H groups in total. The number of rotatable bonds is 3. The normalized spacial score (nSPS) is 49.3. The monoisotopic (exact) mass is 240 g/mol. The average Bonchev–Trinajstić information content (AvgIpc) is 2.29. The van der Waals surface area contributed by atoms with Crippen LogP contribution in [-0.4, -0.2) is 73.4 Å². The Bertz CT molecular complexity index is 222. The Morgan fingerprint density at radius 2 is 1.31 bits per heavy atom. The Labute approximate surface area is 91.6 Å². The van der Waals surface area contributed by atoms with Gasteiger partial charge in [0.15, 0.2) is 0 Å². The molecule has 0 aromatic heterocycles. The Morgan fingerprint density at radius 1 is 0.875 bits per heavy atom. The lowest BCUT2D eigenvalue weighted by molar-refractivity contribution is -0.270. The quantitative estimate of drug-likeness (QED) is 0.319. The van der Waals surface area contributed by atoms with Gasteiger partial charge in [0, 0.05) is 0 Å². The van der Waals surface area contributed by atoms with Gasteiger partial charge in [-0.05, 0) is 12.8 Å². The first-order chi connectivity index (χ1) is 7.36. The minimum Gasteiger partial charge on any atom is -0.387 e. The first kappa shape index (κ1) is 13.8. The number of aliphatic hydroxyl groups is 6. The van der Waals surface area contributed by atoms with E-state index in [2.05, 4.69) is 0 Å². The van der Waals surface area contributed by atoms with Crippen molar-refractivity contribution < 1.29 is 35.0 Å². The maximum atomic E-state index is 12.0. The lowest BCUT2D eigenvalue weighted by atomic mass is 9.72. The van der Waals surface area contributed by atoms with E-state index in [4.69, 9.17) is 0 Å². The number of hydrogen-bond donors (Lipinski definition) is 6. The molecule has 0 radical (unpaired) electrons. The average molecular weight is 240 g/mol. The zero-order chi connectivity index (χ0) is 12.5. The standard InChI is InChI=1S/C9H17FO6/c10-3-1-2-9(16)7(14)5(12)4(11)6(13)8(9)15/h4-8,11-16H,1-3H2/t4-,5?,6?,7+,8?,9+/m1/s1. The van der Waals surface area contributed by atoms with Crippen molar-refractivity contribution in [2.75, 3.05) is 6.67 Å². The molecule has 1 aliphatic carbocycles. The van der Waals surface area contributed by atoms with Crippen LogP contribution < -0.4 is 0 Å². The molecule has 3 unspecified atom stereocenters. The van der Waals surface area contributed by atoms with Crippen LogP contribution in [0.2, 0.25) is 0 Å². The van der Waals surface area contributed by atoms with Gasteiger partial charge in [-0.15, -0.1) is 0 Å². The molecule has 1 rings (SSSR count). The van der Waals surface area contributed by atoms with Crippen LogP contribution in [0.3, 0.4) is 0 Å². The second-order valence-electron chi connectivity index (χ2n) is 4.15. The lowest BCUT2D eigenvalue weighted by Crippen LogP contribution is -2.70. The van der Waals surface area contributed by atoms with Crippen molar-refractivity contribution in [2.24, 2.45) is 0 Å². The lowest BCUT2D eigenvalue weighted by Gasteiger charge is -2.47. The van der Waals surface area contributed by atoms with Gasteiger partial charge in [-0.2, -0.15) is 0 Å². The van der Waals surface area contributed by atoms with Crippen molar-refractivity contribution in [3.05, 3.63) is 0 Å². The van der Waals surface area contributed by atoms with Crippen molar-refractivity contribution in [2.45, 2.75) is 49.0 Å². The van der Waals surface area contributed by atoms with E-state index in [1.54, 1.807) is 0 Å². The molecular formula is C9H17FO6. The molecule has 7 heteroatoms. The number of alkyl halides is 1. The van der Waals surface area contributed by atoms with Crippen LogP contribution >= 0.6 is 0 Å². The van der Waals surface area contributed by atoms with Gasteiger partial charge in [0.05, 0.1) is 6.67 Å². The second kappa shape index (κ2) is 4.91. The maximum absolute atomic E-state index is 12.0. The van der Waals surface area contributed by atoms with E-state index in [-0.39, 0.29) is 12.8 Å². The Balaban J connectivity index is 2.88. The SMILES string of the molecule is OC1C(O)[C@](O)(CCCF)[C@@H](O)C(O)[C@H]1O. The highest BCUT2D eigenvalue weighted by Gasteiger charge is 2.56. The smallest absolute Gasteiger partial charge is 0.122 e. The van der Waals surface area contributed by atoms with Gasteiger partial charge in [-0.25, -0.2) is 0 Å². The largest absolute Gasteiger partial charge is 0.387 e. The van der Waals surface area contributed by atoms with Gasteiger partial charge in [-0.1, -0.05) is 0 Å². The van der Waals surface area contributed by atoms with E-state index in [1.165, 1.54) is 0 Å². The summed E-state index contributed by atoms with van der Waals surface area (Å²) in [5.41, 5.74) is -2.22. The molecular weight excluding hydrogens is 223 g/mol. The van der Waals surface area contributed by atoms with E-state index in [9.17, 15) is 35.0 Å². The zero-order valence-electron chi connectivity index (χ0n) is 8.57. The first-order valence-corrected chi connectivity index (χ1v) is 5.05. The van der Waals surface area contributed by atoms with Crippen molar-refractivity contribution >= 4 is 0 Å². The van der Waals surface area contributed by atoms with E-state index in [0.29, 0.717) is 0 Å². The summed E-state index contributed by atoms with van der Waals surface area (Å²) < 4.78 is 12.0. The molecule has 1 fully saturated rings. The molecule has 0 aromatic carbocycles. The van der Waals surface area contributed by atoms with Gasteiger partial charge < -0.3 is 30.6 Å². The Hall–Kier alpha value is -0.310. The molecule has 96 valence electrons. The molecule has 0 bridgehead atoms. The minimum absolute atomic E-state index is 0.139. The fourth-order valence-electron chi connectivity index (χ4n) is 1.99. The highest BCUT2D eigenvalue weighted by Crippen LogP contribution is 2.33. The fraction of sp³-hybridized carbons (Fsp3) is 1.00. The summed E-state index contributed by atoms with van der Waals surface area (Å²) in [5.74, 6) is 0. The van der Waals surface area contributed by atoms with E-state index in [0.717, 1.165) is 0 Å². The van der Waals surface area contributed by atoms with Crippen molar-refractivity contribution in [1.82, 2.24) is 0 Å². The predicted molar refractivity (Wildman–Crippen MR) is 50.2 cm³/mol. The van der Waals surface area contributed by atoms with Crippen molar-refractivity contribution in [1.29, 1.82) is 0 Å². The summed E-state index contributed by atoms with van der Waals surface area (Å²) in [6.45, 7) is -0.767. The Kier molecular flexibility index (Phi) is 4.22. The van der Waals surface area contributed by atoms with Gasteiger partial charge in [0.2, 0.25) is 0 Å². The molecule has 0 aliphatic heterocycles. The molecule has 0 spiro atoms. The van der Waals surface area contributed by atoms with Crippen LogP contribution in [0.4, 0.5) is 4.39 Å².